The molecule has 0 saturated carbocycles. The largest absolute Gasteiger partial charge is 0.391 e. The molecule has 0 aromatic carbocycles. The Balaban J connectivity index is 1.41. The van der Waals surface area contributed by atoms with Crippen LogP contribution in [0, 0.1) is 0 Å². The third-order valence-corrected chi connectivity index (χ3v) is 6.48. The molecule has 0 amide bonds. The van der Waals surface area contributed by atoms with Gasteiger partial charge in [0, 0.05) is 49.7 Å². The first kappa shape index (κ1) is 18.4. The molecule has 1 fully saturated rings. The minimum atomic E-state index is 0.337. The fourth-order valence-electron chi connectivity index (χ4n) is 4.62. The second-order valence-electron chi connectivity index (χ2n) is 8.51. The maximum atomic E-state index is 5.00. The normalized spacial score (nSPS) is 19.9. The summed E-state index contributed by atoms with van der Waals surface area (Å²) in [6, 6.07) is 6.38. The molecular formula is C23H26N8. The predicted molar refractivity (Wildman–Crippen MR) is 123 cm³/mol. The number of rotatable bonds is 3. The quantitative estimate of drug-likeness (QED) is 0.478. The van der Waals surface area contributed by atoms with E-state index in [1.807, 2.05) is 18.6 Å². The van der Waals surface area contributed by atoms with Crippen molar-refractivity contribution in [3.63, 3.8) is 0 Å². The third kappa shape index (κ3) is 3.23. The number of likely N-dealkylation sites (N-methyl/N-ethyl adjacent to an activating group) is 1. The summed E-state index contributed by atoms with van der Waals surface area (Å²) in [6.45, 7) is 5.13. The summed E-state index contributed by atoms with van der Waals surface area (Å²) in [5.41, 5.74) is 6.98. The zero-order valence-corrected chi connectivity index (χ0v) is 17.6. The lowest BCUT2D eigenvalue weighted by Gasteiger charge is -2.34. The number of aromatic amines is 2. The molecular weight excluding hydrogens is 388 g/mol. The lowest BCUT2D eigenvalue weighted by molar-refractivity contribution is 0.313. The molecule has 1 atom stereocenters. The highest BCUT2D eigenvalue weighted by atomic mass is 15.3. The number of H-pyrrole nitrogens is 2. The van der Waals surface area contributed by atoms with Gasteiger partial charge in [-0.2, -0.15) is 5.10 Å². The molecule has 1 saturated heterocycles. The molecule has 8 nitrogen and oxygen atoms in total. The van der Waals surface area contributed by atoms with E-state index in [0.717, 1.165) is 72.8 Å². The van der Waals surface area contributed by atoms with E-state index in [1.54, 1.807) is 0 Å². The Labute approximate surface area is 180 Å². The van der Waals surface area contributed by atoms with Gasteiger partial charge in [-0.15, -0.1) is 0 Å². The first-order chi connectivity index (χ1) is 15.3. The van der Waals surface area contributed by atoms with Crippen LogP contribution in [0.3, 0.4) is 0 Å². The standard InChI is InChI=1S/C23H26N8/c1-30-8-10-31(11-9-30)21-14-25-13-20-16(21)12-19(26-20)23-22-18(28-29-23)3-2-17(27-22)15-4-6-24-7-5-15/h2-4,6,12-15,24,26H,5,7-11H2,1H3,(H,28,29). The van der Waals surface area contributed by atoms with E-state index in [4.69, 9.17) is 4.98 Å². The molecule has 2 aliphatic rings. The summed E-state index contributed by atoms with van der Waals surface area (Å²) >= 11 is 0. The molecule has 6 rings (SSSR count). The lowest BCUT2D eigenvalue weighted by Crippen LogP contribution is -2.44. The third-order valence-electron chi connectivity index (χ3n) is 6.48. The van der Waals surface area contributed by atoms with Gasteiger partial charge in [0.05, 0.1) is 34.8 Å². The van der Waals surface area contributed by atoms with E-state index >= 15 is 0 Å². The summed E-state index contributed by atoms with van der Waals surface area (Å²) in [7, 11) is 2.17. The molecule has 0 aliphatic carbocycles. The first-order valence-electron chi connectivity index (χ1n) is 10.9. The highest BCUT2D eigenvalue weighted by molar-refractivity contribution is 5.98. The highest BCUT2D eigenvalue weighted by Crippen LogP contribution is 2.33. The van der Waals surface area contributed by atoms with E-state index < -0.39 is 0 Å². The van der Waals surface area contributed by atoms with Crippen molar-refractivity contribution in [3.8, 4) is 11.4 Å². The summed E-state index contributed by atoms with van der Waals surface area (Å²) < 4.78 is 0. The van der Waals surface area contributed by atoms with Crippen LogP contribution < -0.4 is 10.2 Å². The molecule has 0 spiro atoms. The van der Waals surface area contributed by atoms with E-state index in [0.29, 0.717) is 5.92 Å². The number of aromatic nitrogens is 5. The van der Waals surface area contributed by atoms with Gasteiger partial charge in [-0.1, -0.05) is 6.08 Å². The Morgan fingerprint density at radius 1 is 1.06 bits per heavy atom. The molecule has 2 aliphatic heterocycles. The van der Waals surface area contributed by atoms with E-state index in [1.165, 1.54) is 11.1 Å². The minimum absolute atomic E-state index is 0.337. The zero-order chi connectivity index (χ0) is 20.8. The van der Waals surface area contributed by atoms with Crippen LogP contribution in [-0.4, -0.2) is 69.8 Å². The number of piperazine rings is 1. The van der Waals surface area contributed by atoms with Crippen molar-refractivity contribution >= 4 is 27.6 Å². The van der Waals surface area contributed by atoms with Crippen LogP contribution in [0.1, 0.15) is 18.0 Å². The summed E-state index contributed by atoms with van der Waals surface area (Å²) in [5.74, 6) is 0.337. The summed E-state index contributed by atoms with van der Waals surface area (Å²) in [6.07, 6.45) is 9.14. The fraction of sp³-hybridized carbons (Fsp3) is 0.348. The van der Waals surface area contributed by atoms with Gasteiger partial charge in [-0.05, 0) is 37.9 Å². The average molecular weight is 415 g/mol. The van der Waals surface area contributed by atoms with Crippen molar-refractivity contribution in [2.24, 2.45) is 0 Å². The van der Waals surface area contributed by atoms with Gasteiger partial charge in [0.25, 0.3) is 0 Å². The van der Waals surface area contributed by atoms with Gasteiger partial charge in [0.15, 0.2) is 0 Å². The van der Waals surface area contributed by atoms with Gasteiger partial charge < -0.3 is 20.1 Å². The number of nitrogens with one attached hydrogen (secondary N) is 3. The number of allylic oxidation sites excluding steroid dienone is 1. The van der Waals surface area contributed by atoms with Crippen LogP contribution in [0.5, 0.6) is 0 Å². The van der Waals surface area contributed by atoms with Crippen molar-refractivity contribution in [1.82, 2.24) is 35.4 Å². The molecule has 4 aromatic rings. The Morgan fingerprint density at radius 2 is 1.97 bits per heavy atom. The van der Waals surface area contributed by atoms with Crippen LogP contribution in [0.2, 0.25) is 0 Å². The first-order valence-corrected chi connectivity index (χ1v) is 10.9. The zero-order valence-electron chi connectivity index (χ0n) is 17.6. The fourth-order valence-corrected chi connectivity index (χ4v) is 4.62. The average Bonchev–Trinajstić information content (AvgIpc) is 3.43. The van der Waals surface area contributed by atoms with Gasteiger partial charge >= 0.3 is 0 Å². The highest BCUT2D eigenvalue weighted by Gasteiger charge is 2.20. The SMILES string of the molecule is CN1CCN(c2cncc3[nH]c(-c4n[nH]c5ccc(C6C=CNCC6)nc45)cc23)CC1. The summed E-state index contributed by atoms with van der Waals surface area (Å²) in [4.78, 5) is 17.8. The molecule has 0 bridgehead atoms. The second-order valence-corrected chi connectivity index (χ2v) is 8.51. The second kappa shape index (κ2) is 7.39. The Kier molecular flexibility index (Phi) is 4.38. The lowest BCUT2D eigenvalue weighted by atomic mass is 9.98. The molecule has 31 heavy (non-hydrogen) atoms. The monoisotopic (exact) mass is 414 g/mol. The van der Waals surface area contributed by atoms with Crippen molar-refractivity contribution in [1.29, 1.82) is 0 Å². The van der Waals surface area contributed by atoms with Gasteiger partial charge in [-0.3, -0.25) is 10.1 Å². The smallest absolute Gasteiger partial charge is 0.135 e. The van der Waals surface area contributed by atoms with Gasteiger partial charge in [0.2, 0.25) is 0 Å². The predicted octanol–water partition coefficient (Wildman–Crippen LogP) is 2.84. The van der Waals surface area contributed by atoms with Crippen LogP contribution in [-0.2, 0) is 0 Å². The number of fused-ring (bicyclic) bond motifs is 2. The van der Waals surface area contributed by atoms with Crippen molar-refractivity contribution in [2.75, 3.05) is 44.7 Å². The number of pyridine rings is 2. The van der Waals surface area contributed by atoms with Crippen molar-refractivity contribution < 1.29 is 0 Å². The van der Waals surface area contributed by atoms with Crippen LogP contribution in [0.15, 0.2) is 42.9 Å². The maximum Gasteiger partial charge on any atom is 0.135 e. The summed E-state index contributed by atoms with van der Waals surface area (Å²) in [5, 5.41) is 12.2. The van der Waals surface area contributed by atoms with Gasteiger partial charge in [0.1, 0.15) is 11.2 Å². The maximum absolute atomic E-state index is 5.00. The van der Waals surface area contributed by atoms with Crippen molar-refractivity contribution in [3.05, 3.63) is 48.6 Å². The van der Waals surface area contributed by atoms with E-state index in [-0.39, 0.29) is 0 Å². The molecule has 4 aromatic heterocycles. The molecule has 3 N–H and O–H groups in total. The molecule has 158 valence electrons. The Morgan fingerprint density at radius 3 is 2.81 bits per heavy atom. The van der Waals surface area contributed by atoms with Crippen LogP contribution in [0.25, 0.3) is 33.3 Å². The van der Waals surface area contributed by atoms with E-state index in [9.17, 15) is 0 Å². The molecule has 1 unspecified atom stereocenters. The van der Waals surface area contributed by atoms with Crippen LogP contribution >= 0.6 is 0 Å². The van der Waals surface area contributed by atoms with Gasteiger partial charge in [-0.25, -0.2) is 4.98 Å². The minimum Gasteiger partial charge on any atom is -0.391 e. The number of nitrogens with zero attached hydrogens (tertiary/aromatic N) is 5. The Bertz CT molecular complexity index is 1260. The Hall–Kier alpha value is -3.39. The molecule has 6 heterocycles. The van der Waals surface area contributed by atoms with E-state index in [2.05, 4.69) is 66.6 Å². The number of hydrogen-bond acceptors (Lipinski definition) is 6. The topological polar surface area (TPSA) is 88.8 Å². The van der Waals surface area contributed by atoms with Crippen LogP contribution in [0.4, 0.5) is 5.69 Å². The number of anilines is 1. The molecule has 0 radical (unpaired) electrons. The number of hydrogen-bond donors (Lipinski definition) is 3. The molecule has 8 heteroatoms. The van der Waals surface area contributed by atoms with Crippen molar-refractivity contribution in [2.45, 2.75) is 12.3 Å².